The predicted octanol–water partition coefficient (Wildman–Crippen LogP) is 10.2. The molecule has 0 aliphatic heterocycles. The molecule has 0 N–H and O–H groups in total. The van der Waals surface area contributed by atoms with Gasteiger partial charge in [0.15, 0.2) is 5.58 Å². The van der Waals surface area contributed by atoms with Gasteiger partial charge in [0.05, 0.1) is 16.4 Å². The number of hydrogen-bond donors (Lipinski definition) is 0. The Morgan fingerprint density at radius 1 is 0.463 bits per heavy atom. The van der Waals surface area contributed by atoms with Gasteiger partial charge in [-0.3, -0.25) is 0 Å². The normalized spacial score (nSPS) is 11.9. The molecule has 0 saturated heterocycles. The summed E-state index contributed by atoms with van der Waals surface area (Å²) in [5, 5.41) is 4.51. The number of nitrogens with zero attached hydrogens (tertiary/aromatic N) is 2. The first-order chi connectivity index (χ1) is 20.3. The van der Waals surface area contributed by atoms with Gasteiger partial charge in [-0.25, -0.2) is 4.98 Å². The van der Waals surface area contributed by atoms with Crippen LogP contribution in [0.3, 0.4) is 0 Å². The van der Waals surface area contributed by atoms with Crippen LogP contribution in [-0.2, 0) is 0 Å². The van der Waals surface area contributed by atoms with Gasteiger partial charge in [-0.15, -0.1) is 0 Å². The van der Waals surface area contributed by atoms with Crippen molar-refractivity contribution in [1.29, 1.82) is 0 Å². The second kappa shape index (κ2) is 8.44. The molecule has 0 saturated carbocycles. The second-order valence-corrected chi connectivity index (χ2v) is 10.4. The molecule has 41 heavy (non-hydrogen) atoms. The lowest BCUT2D eigenvalue weighted by Gasteiger charge is -2.08. The Hall–Kier alpha value is -5.61. The summed E-state index contributed by atoms with van der Waals surface area (Å²) in [6.07, 6.45) is 0. The van der Waals surface area contributed by atoms with E-state index in [-0.39, 0.29) is 0 Å². The van der Waals surface area contributed by atoms with E-state index in [1.54, 1.807) is 0 Å². The molecule has 3 aromatic heterocycles. The quantitative estimate of drug-likeness (QED) is 0.230. The first-order valence-corrected chi connectivity index (χ1v) is 13.7. The highest BCUT2D eigenvalue weighted by Crippen LogP contribution is 2.38. The van der Waals surface area contributed by atoms with Crippen LogP contribution in [0, 0.1) is 0 Å². The van der Waals surface area contributed by atoms with Crippen LogP contribution >= 0.6 is 0 Å². The third-order valence-electron chi connectivity index (χ3n) is 8.05. The van der Waals surface area contributed by atoms with Crippen LogP contribution < -0.4 is 0 Å². The summed E-state index contributed by atoms with van der Waals surface area (Å²) < 4.78 is 14.8. The van der Waals surface area contributed by atoms with Crippen molar-refractivity contribution in [3.05, 3.63) is 133 Å². The minimum absolute atomic E-state index is 0.592. The lowest BCUT2D eigenvalue weighted by atomic mass is 10.0. The highest BCUT2D eigenvalue weighted by Gasteiger charge is 2.18. The molecule has 0 bridgehead atoms. The summed E-state index contributed by atoms with van der Waals surface area (Å²) in [6.45, 7) is 0. The molecule has 192 valence electrons. The summed E-state index contributed by atoms with van der Waals surface area (Å²) in [5.74, 6) is 0.592. The maximum atomic E-state index is 6.31. The lowest BCUT2D eigenvalue weighted by Crippen LogP contribution is -1.93. The SMILES string of the molecule is c1ccc(-c2ccc3oc4ccc5oc(-c6ccc(-n7c8ccccc8c8ccccc87)cc6)nc5c4c3c2)cc1. The van der Waals surface area contributed by atoms with Crippen molar-refractivity contribution in [2.75, 3.05) is 0 Å². The van der Waals surface area contributed by atoms with Crippen LogP contribution in [0.5, 0.6) is 0 Å². The molecule has 0 aliphatic carbocycles. The Balaban J connectivity index is 1.18. The van der Waals surface area contributed by atoms with E-state index in [0.717, 1.165) is 49.9 Å². The number of aromatic nitrogens is 2. The fourth-order valence-electron chi connectivity index (χ4n) is 6.14. The van der Waals surface area contributed by atoms with E-state index in [0.29, 0.717) is 5.89 Å². The van der Waals surface area contributed by atoms with E-state index in [9.17, 15) is 0 Å². The van der Waals surface area contributed by atoms with Gasteiger partial charge in [-0.2, -0.15) is 0 Å². The molecule has 0 spiro atoms. The molecular formula is C37H22N2O2. The van der Waals surface area contributed by atoms with E-state index in [1.807, 2.05) is 24.3 Å². The summed E-state index contributed by atoms with van der Waals surface area (Å²) in [4.78, 5) is 4.99. The van der Waals surface area contributed by atoms with E-state index < -0.39 is 0 Å². The summed E-state index contributed by atoms with van der Waals surface area (Å²) in [5.41, 5.74) is 9.91. The number of furan rings is 1. The zero-order chi connectivity index (χ0) is 26.9. The average Bonchev–Trinajstić information content (AvgIpc) is 3.73. The van der Waals surface area contributed by atoms with Crippen molar-refractivity contribution >= 4 is 54.8 Å². The Morgan fingerprint density at radius 2 is 1.10 bits per heavy atom. The summed E-state index contributed by atoms with van der Waals surface area (Å²) in [7, 11) is 0. The smallest absolute Gasteiger partial charge is 0.227 e. The van der Waals surface area contributed by atoms with Gasteiger partial charge < -0.3 is 13.4 Å². The predicted molar refractivity (Wildman–Crippen MR) is 166 cm³/mol. The molecule has 9 rings (SSSR count). The number of fused-ring (bicyclic) bond motifs is 8. The van der Waals surface area contributed by atoms with Crippen molar-refractivity contribution in [2.45, 2.75) is 0 Å². The standard InChI is InChI=1S/C37H22N2O2/c1-2-8-23(9-3-1)25-16-19-32-29(22-25)35-33(40-32)20-21-34-36(35)38-37(41-34)24-14-17-26(18-15-24)39-30-12-6-4-10-27(30)28-11-5-7-13-31(28)39/h1-22H. The Labute approximate surface area is 234 Å². The number of benzene rings is 6. The number of para-hydroxylation sites is 2. The highest BCUT2D eigenvalue weighted by molar-refractivity contribution is 6.17. The van der Waals surface area contributed by atoms with Crippen LogP contribution in [0.1, 0.15) is 0 Å². The number of hydrogen-bond acceptors (Lipinski definition) is 3. The van der Waals surface area contributed by atoms with Crippen LogP contribution in [0.15, 0.2) is 142 Å². The Morgan fingerprint density at radius 3 is 1.85 bits per heavy atom. The maximum absolute atomic E-state index is 6.31. The topological polar surface area (TPSA) is 44.1 Å². The minimum atomic E-state index is 0.592. The number of rotatable bonds is 3. The highest BCUT2D eigenvalue weighted by atomic mass is 16.4. The van der Waals surface area contributed by atoms with Crippen LogP contribution in [0.2, 0.25) is 0 Å². The second-order valence-electron chi connectivity index (χ2n) is 10.4. The van der Waals surface area contributed by atoms with Gasteiger partial charge in [0.1, 0.15) is 16.7 Å². The van der Waals surface area contributed by atoms with Crippen LogP contribution in [-0.4, -0.2) is 9.55 Å². The fraction of sp³-hybridized carbons (Fsp3) is 0. The van der Waals surface area contributed by atoms with Gasteiger partial charge in [0, 0.05) is 27.4 Å². The van der Waals surface area contributed by atoms with Gasteiger partial charge in [-0.1, -0.05) is 72.8 Å². The third-order valence-corrected chi connectivity index (χ3v) is 8.05. The summed E-state index contributed by atoms with van der Waals surface area (Å²) in [6, 6.07) is 46.2. The van der Waals surface area contributed by atoms with E-state index in [2.05, 4.69) is 114 Å². The molecule has 6 aromatic carbocycles. The molecule has 4 nitrogen and oxygen atoms in total. The van der Waals surface area contributed by atoms with E-state index in [1.165, 1.54) is 27.4 Å². The zero-order valence-electron chi connectivity index (χ0n) is 21.9. The molecule has 0 radical (unpaired) electrons. The van der Waals surface area contributed by atoms with Crippen molar-refractivity contribution in [1.82, 2.24) is 9.55 Å². The Kier molecular flexibility index (Phi) is 4.58. The minimum Gasteiger partial charge on any atom is -0.456 e. The van der Waals surface area contributed by atoms with Gasteiger partial charge >= 0.3 is 0 Å². The van der Waals surface area contributed by atoms with Crippen LogP contribution in [0.4, 0.5) is 0 Å². The monoisotopic (exact) mass is 526 g/mol. The molecule has 4 heteroatoms. The summed E-state index contributed by atoms with van der Waals surface area (Å²) >= 11 is 0. The first kappa shape index (κ1) is 22.2. The lowest BCUT2D eigenvalue weighted by molar-refractivity contribution is 0.619. The van der Waals surface area contributed by atoms with Crippen molar-refractivity contribution in [2.24, 2.45) is 0 Å². The molecule has 3 heterocycles. The molecule has 0 amide bonds. The van der Waals surface area contributed by atoms with Gasteiger partial charge in [0.2, 0.25) is 5.89 Å². The van der Waals surface area contributed by atoms with Gasteiger partial charge in [-0.05, 0) is 71.8 Å². The molecular weight excluding hydrogens is 504 g/mol. The first-order valence-electron chi connectivity index (χ1n) is 13.7. The van der Waals surface area contributed by atoms with Crippen molar-refractivity contribution in [3.8, 4) is 28.3 Å². The van der Waals surface area contributed by atoms with Crippen LogP contribution in [0.25, 0.3) is 83.1 Å². The third kappa shape index (κ3) is 3.31. The Bertz CT molecular complexity index is 2350. The average molecular weight is 527 g/mol. The largest absolute Gasteiger partial charge is 0.456 e. The number of oxazole rings is 1. The van der Waals surface area contributed by atoms with E-state index >= 15 is 0 Å². The van der Waals surface area contributed by atoms with Gasteiger partial charge in [0.25, 0.3) is 0 Å². The zero-order valence-corrected chi connectivity index (χ0v) is 21.9. The molecule has 0 aliphatic rings. The molecule has 9 aromatic rings. The molecule has 0 unspecified atom stereocenters. The van der Waals surface area contributed by atoms with E-state index in [4.69, 9.17) is 13.8 Å². The van der Waals surface area contributed by atoms with Crippen molar-refractivity contribution < 1.29 is 8.83 Å². The maximum Gasteiger partial charge on any atom is 0.227 e. The molecule has 0 fully saturated rings. The van der Waals surface area contributed by atoms with Crippen molar-refractivity contribution in [3.63, 3.8) is 0 Å². The molecule has 0 atom stereocenters. The fourth-order valence-corrected chi connectivity index (χ4v) is 6.14.